The summed E-state index contributed by atoms with van der Waals surface area (Å²) in [6.07, 6.45) is 3.53. The van der Waals surface area contributed by atoms with E-state index < -0.39 is 0 Å². The highest BCUT2D eigenvalue weighted by molar-refractivity contribution is 5.50. The molecule has 0 bridgehead atoms. The Morgan fingerprint density at radius 3 is 2.89 bits per heavy atom. The van der Waals surface area contributed by atoms with Crippen molar-refractivity contribution in [3.8, 4) is 0 Å². The van der Waals surface area contributed by atoms with Crippen LogP contribution in [-0.4, -0.2) is 27.8 Å². The lowest BCUT2D eigenvalue weighted by Gasteiger charge is -2.34. The van der Waals surface area contributed by atoms with Gasteiger partial charge in [-0.2, -0.15) is 5.10 Å². The molecule has 0 radical (unpaired) electrons. The van der Waals surface area contributed by atoms with E-state index in [2.05, 4.69) is 59.7 Å². The Kier molecular flexibility index (Phi) is 2.41. The fourth-order valence-electron chi connectivity index (χ4n) is 2.75. The van der Waals surface area contributed by atoms with Gasteiger partial charge in [0.15, 0.2) is 0 Å². The summed E-state index contributed by atoms with van der Waals surface area (Å²) in [5, 5.41) is 9.92. The fourth-order valence-corrected chi connectivity index (χ4v) is 2.75. The van der Waals surface area contributed by atoms with Crippen LogP contribution in [0.3, 0.4) is 0 Å². The Bertz CT molecular complexity index is 578. The van der Waals surface area contributed by atoms with Crippen LogP contribution in [0.15, 0.2) is 0 Å². The van der Waals surface area contributed by atoms with Crippen molar-refractivity contribution in [3.63, 3.8) is 0 Å². The highest BCUT2D eigenvalue weighted by Gasteiger charge is 2.37. The molecule has 5 heteroatoms. The third-order valence-corrected chi connectivity index (χ3v) is 3.69. The number of aromatic nitrogens is 2. The quantitative estimate of drug-likeness (QED) is 0.633. The van der Waals surface area contributed by atoms with Gasteiger partial charge in [-0.3, -0.25) is 5.10 Å². The van der Waals surface area contributed by atoms with Crippen molar-refractivity contribution in [1.29, 1.82) is 0 Å². The monoisotopic (exact) mass is 247 g/mol. The molecule has 0 aromatic carbocycles. The van der Waals surface area contributed by atoms with E-state index in [1.807, 2.05) is 0 Å². The molecular weight excluding hydrogens is 226 g/mol. The maximum absolute atomic E-state index is 4.39. The maximum Gasteiger partial charge on any atom is 0.144 e. The largest absolute Gasteiger partial charge is 0.334 e. The molecule has 0 aliphatic carbocycles. The van der Waals surface area contributed by atoms with Gasteiger partial charge < -0.3 is 10.3 Å². The summed E-state index contributed by atoms with van der Waals surface area (Å²) in [5.74, 6) is 1.12. The number of hydrogen-bond donors (Lipinski definition) is 3. The number of H-pyrrole nitrogens is 1. The van der Waals surface area contributed by atoms with Gasteiger partial charge in [0.1, 0.15) is 17.3 Å². The van der Waals surface area contributed by atoms with Crippen molar-refractivity contribution in [2.75, 3.05) is 6.54 Å². The normalized spacial score (nSPS) is 22.3. The second-order valence-electron chi connectivity index (χ2n) is 6.06. The van der Waals surface area contributed by atoms with Gasteiger partial charge in [0.05, 0.1) is 5.69 Å². The van der Waals surface area contributed by atoms with Gasteiger partial charge in [0.25, 0.3) is 0 Å². The smallest absolute Gasteiger partial charge is 0.144 e. The van der Waals surface area contributed by atoms with Gasteiger partial charge in [-0.1, -0.05) is 33.8 Å². The van der Waals surface area contributed by atoms with Gasteiger partial charge >= 0.3 is 0 Å². The molecule has 1 aromatic rings. The predicted octanol–water partition coefficient (Wildman–Crippen LogP) is -0.386. The third-order valence-electron chi connectivity index (χ3n) is 3.69. The fraction of sp³-hybridized carbons (Fsp3) is 0.615. The number of rotatable bonds is 1. The zero-order valence-corrected chi connectivity index (χ0v) is 11.5. The van der Waals surface area contributed by atoms with Crippen molar-refractivity contribution in [2.45, 2.75) is 40.3 Å². The first kappa shape index (κ1) is 11.6. The van der Waals surface area contributed by atoms with Crippen LogP contribution >= 0.6 is 0 Å². The number of nitrogens with zero attached hydrogens (tertiary/aromatic N) is 2. The first-order valence-electron chi connectivity index (χ1n) is 6.58. The topological polar surface area (TPSA) is 56.0 Å². The van der Waals surface area contributed by atoms with Crippen molar-refractivity contribution >= 4 is 11.9 Å². The van der Waals surface area contributed by atoms with Crippen LogP contribution in [-0.2, 0) is 6.42 Å². The van der Waals surface area contributed by atoms with Crippen molar-refractivity contribution < 1.29 is 0 Å². The molecule has 2 aliphatic heterocycles. The number of nitrogens with one attached hydrogen (secondary N) is 3. The van der Waals surface area contributed by atoms with E-state index in [0.29, 0.717) is 6.17 Å². The summed E-state index contributed by atoms with van der Waals surface area (Å²) in [4.78, 5) is 2.36. The van der Waals surface area contributed by atoms with Crippen LogP contribution in [0.2, 0.25) is 0 Å². The van der Waals surface area contributed by atoms with E-state index in [-0.39, 0.29) is 5.41 Å². The van der Waals surface area contributed by atoms with Gasteiger partial charge in [-0.25, -0.2) is 5.43 Å². The molecule has 3 heterocycles. The van der Waals surface area contributed by atoms with E-state index in [9.17, 15) is 0 Å². The minimum absolute atomic E-state index is 0.174. The highest BCUT2D eigenvalue weighted by atomic mass is 15.6. The van der Waals surface area contributed by atoms with Crippen LogP contribution in [0.4, 0.5) is 0 Å². The number of aryl methyl sites for hydroxylation is 1. The molecule has 1 unspecified atom stereocenters. The van der Waals surface area contributed by atoms with Crippen LogP contribution in [0.5, 0.6) is 0 Å². The summed E-state index contributed by atoms with van der Waals surface area (Å²) in [6.45, 7) is 9.80. The molecule has 3 rings (SSSR count). The molecule has 1 fully saturated rings. The number of hydrazine groups is 1. The third kappa shape index (κ3) is 1.54. The minimum atomic E-state index is 0.174. The van der Waals surface area contributed by atoms with Crippen molar-refractivity contribution in [1.82, 2.24) is 25.9 Å². The molecule has 18 heavy (non-hydrogen) atoms. The van der Waals surface area contributed by atoms with E-state index in [4.69, 9.17) is 0 Å². The van der Waals surface area contributed by atoms with E-state index in [0.717, 1.165) is 29.8 Å². The van der Waals surface area contributed by atoms with E-state index >= 15 is 0 Å². The lowest BCUT2D eigenvalue weighted by Crippen LogP contribution is -2.48. The molecular formula is C13H21N5. The summed E-state index contributed by atoms with van der Waals surface area (Å²) in [6, 6.07) is 0. The number of aromatic amines is 1. The second kappa shape index (κ2) is 3.75. The zero-order chi connectivity index (χ0) is 12.9. The molecule has 1 aromatic heterocycles. The summed E-state index contributed by atoms with van der Waals surface area (Å²) < 4.78 is 0. The molecule has 5 nitrogen and oxygen atoms in total. The summed E-state index contributed by atoms with van der Waals surface area (Å²) >= 11 is 0. The van der Waals surface area contributed by atoms with Gasteiger partial charge in [0, 0.05) is 11.8 Å². The highest BCUT2D eigenvalue weighted by Crippen LogP contribution is 2.27. The predicted molar refractivity (Wildman–Crippen MR) is 71.3 cm³/mol. The average Bonchev–Trinajstić information content (AvgIpc) is 2.90. The van der Waals surface area contributed by atoms with E-state index in [1.165, 1.54) is 5.22 Å². The SMILES string of the molecule is CCc1n[nH]c2c1=CCN1C=2NNC1C(C)(C)C. The van der Waals surface area contributed by atoms with Gasteiger partial charge in [-0.15, -0.1) is 0 Å². The Balaban J connectivity index is 2.11. The molecule has 98 valence electrons. The molecule has 1 atom stereocenters. The lowest BCUT2D eigenvalue weighted by molar-refractivity contribution is 0.164. The van der Waals surface area contributed by atoms with Crippen molar-refractivity contribution in [3.05, 3.63) is 16.3 Å². The zero-order valence-electron chi connectivity index (χ0n) is 11.5. The first-order chi connectivity index (χ1) is 8.52. The Labute approximate surface area is 107 Å². The Morgan fingerprint density at radius 2 is 2.22 bits per heavy atom. The van der Waals surface area contributed by atoms with Crippen LogP contribution in [0.1, 0.15) is 33.4 Å². The minimum Gasteiger partial charge on any atom is -0.334 e. The van der Waals surface area contributed by atoms with Crippen LogP contribution in [0.25, 0.3) is 11.9 Å². The second-order valence-corrected chi connectivity index (χ2v) is 6.06. The van der Waals surface area contributed by atoms with Gasteiger partial charge in [-0.05, 0) is 11.8 Å². The summed E-state index contributed by atoms with van der Waals surface area (Å²) in [7, 11) is 0. The maximum atomic E-state index is 4.39. The average molecular weight is 247 g/mol. The molecule has 3 N–H and O–H groups in total. The lowest BCUT2D eigenvalue weighted by atomic mass is 9.91. The van der Waals surface area contributed by atoms with Gasteiger partial charge in [0.2, 0.25) is 0 Å². The van der Waals surface area contributed by atoms with Crippen molar-refractivity contribution in [2.24, 2.45) is 5.41 Å². The molecule has 1 saturated heterocycles. The van der Waals surface area contributed by atoms with Crippen LogP contribution in [0, 0.1) is 5.41 Å². The van der Waals surface area contributed by atoms with Crippen LogP contribution < -0.4 is 21.4 Å². The Hall–Kier alpha value is -1.49. The first-order valence-corrected chi connectivity index (χ1v) is 6.58. The molecule has 0 spiro atoms. The standard InChI is InChI=1S/C13H21N5/c1-5-9-8-6-7-18-11(10(8)15-14-9)16-17-12(18)13(2,3)4/h6,12,15-17H,5,7H2,1-4H3. The molecule has 0 saturated carbocycles. The number of hydrogen-bond acceptors (Lipinski definition) is 4. The molecule has 0 amide bonds. The summed E-state index contributed by atoms with van der Waals surface area (Å²) in [5.41, 5.74) is 8.01. The molecule has 2 aliphatic rings. The van der Waals surface area contributed by atoms with E-state index in [1.54, 1.807) is 0 Å². The number of fused-ring (bicyclic) bond motifs is 2. The Morgan fingerprint density at radius 1 is 1.44 bits per heavy atom.